The summed E-state index contributed by atoms with van der Waals surface area (Å²) in [5.41, 5.74) is 3.04. The van der Waals surface area contributed by atoms with Crippen molar-refractivity contribution >= 4 is 33.2 Å². The zero-order valence-corrected chi connectivity index (χ0v) is 18.3. The number of para-hydroxylation sites is 1. The number of carbonyl (C=O) groups is 2. The molecule has 0 aromatic heterocycles. The maximum absolute atomic E-state index is 13.2. The minimum absolute atomic E-state index is 0.0628. The number of benzene rings is 2. The van der Waals surface area contributed by atoms with E-state index in [1.807, 2.05) is 32.0 Å². The molecule has 0 saturated carbocycles. The van der Waals surface area contributed by atoms with Gasteiger partial charge in [0.25, 0.3) is 5.91 Å². The first-order chi connectivity index (χ1) is 14.8. The van der Waals surface area contributed by atoms with Gasteiger partial charge in [0.15, 0.2) is 6.61 Å². The second kappa shape index (κ2) is 8.32. The van der Waals surface area contributed by atoms with Gasteiger partial charge in [0.05, 0.1) is 16.5 Å². The van der Waals surface area contributed by atoms with Gasteiger partial charge >= 0.3 is 0 Å². The van der Waals surface area contributed by atoms with Gasteiger partial charge in [-0.15, -0.1) is 0 Å². The molecule has 0 unspecified atom stereocenters. The molecule has 1 fully saturated rings. The molecule has 0 spiro atoms. The van der Waals surface area contributed by atoms with Gasteiger partial charge in [-0.25, -0.2) is 8.42 Å². The van der Waals surface area contributed by atoms with Gasteiger partial charge in [0, 0.05) is 18.8 Å². The SMILES string of the molecule is Cc1cccc(C)c1NC(=O)[C@@H]1CCCN(S(=O)(=O)c2ccc3c(c2)NC(=O)CO3)C1. The van der Waals surface area contributed by atoms with E-state index in [2.05, 4.69) is 10.6 Å². The summed E-state index contributed by atoms with van der Waals surface area (Å²) in [6.45, 7) is 4.22. The molecule has 2 aliphatic heterocycles. The molecule has 0 bridgehead atoms. The maximum Gasteiger partial charge on any atom is 0.262 e. The highest BCUT2D eigenvalue weighted by Gasteiger charge is 2.34. The van der Waals surface area contributed by atoms with Gasteiger partial charge in [-0.1, -0.05) is 18.2 Å². The van der Waals surface area contributed by atoms with Crippen LogP contribution >= 0.6 is 0 Å². The molecular weight excluding hydrogens is 418 g/mol. The summed E-state index contributed by atoms with van der Waals surface area (Å²) in [6.07, 6.45) is 1.21. The summed E-state index contributed by atoms with van der Waals surface area (Å²) in [4.78, 5) is 24.5. The van der Waals surface area contributed by atoms with E-state index >= 15 is 0 Å². The van der Waals surface area contributed by atoms with Crippen molar-refractivity contribution in [2.24, 2.45) is 5.92 Å². The van der Waals surface area contributed by atoms with Crippen LogP contribution in [-0.4, -0.2) is 44.2 Å². The number of piperidine rings is 1. The average molecular weight is 444 g/mol. The molecule has 2 aromatic rings. The molecule has 31 heavy (non-hydrogen) atoms. The van der Waals surface area contributed by atoms with E-state index in [-0.39, 0.29) is 29.9 Å². The third-order valence-electron chi connectivity index (χ3n) is 5.71. The lowest BCUT2D eigenvalue weighted by molar-refractivity contribution is -0.121. The number of nitrogens with zero attached hydrogens (tertiary/aromatic N) is 1. The first kappa shape index (κ1) is 21.3. The van der Waals surface area contributed by atoms with E-state index in [4.69, 9.17) is 4.74 Å². The highest BCUT2D eigenvalue weighted by atomic mass is 32.2. The van der Waals surface area contributed by atoms with Crippen LogP contribution in [0.5, 0.6) is 5.75 Å². The van der Waals surface area contributed by atoms with E-state index in [0.717, 1.165) is 16.8 Å². The number of rotatable bonds is 4. The molecule has 2 aliphatic rings. The summed E-state index contributed by atoms with van der Waals surface area (Å²) < 4.78 is 33.1. The zero-order chi connectivity index (χ0) is 22.2. The number of sulfonamides is 1. The van der Waals surface area contributed by atoms with Crippen LogP contribution in [0.2, 0.25) is 0 Å². The van der Waals surface area contributed by atoms with Crippen LogP contribution in [-0.2, 0) is 19.6 Å². The van der Waals surface area contributed by atoms with Gasteiger partial charge < -0.3 is 15.4 Å². The van der Waals surface area contributed by atoms with Gasteiger partial charge in [-0.3, -0.25) is 9.59 Å². The van der Waals surface area contributed by atoms with E-state index in [1.165, 1.54) is 22.5 Å². The van der Waals surface area contributed by atoms with Gasteiger partial charge in [0.2, 0.25) is 15.9 Å². The predicted octanol–water partition coefficient (Wildman–Crippen LogP) is 2.67. The molecule has 2 heterocycles. The molecule has 164 valence electrons. The largest absolute Gasteiger partial charge is 0.482 e. The quantitative estimate of drug-likeness (QED) is 0.756. The van der Waals surface area contributed by atoms with Crippen molar-refractivity contribution in [3.8, 4) is 5.75 Å². The van der Waals surface area contributed by atoms with Crippen molar-refractivity contribution in [2.45, 2.75) is 31.6 Å². The van der Waals surface area contributed by atoms with Crippen LogP contribution in [0.4, 0.5) is 11.4 Å². The van der Waals surface area contributed by atoms with E-state index in [1.54, 1.807) is 0 Å². The van der Waals surface area contributed by atoms with E-state index < -0.39 is 15.9 Å². The first-order valence-electron chi connectivity index (χ1n) is 10.2. The Hall–Kier alpha value is -2.91. The molecule has 1 saturated heterocycles. The average Bonchev–Trinajstić information content (AvgIpc) is 2.75. The van der Waals surface area contributed by atoms with Crippen LogP contribution < -0.4 is 15.4 Å². The molecule has 1 atom stereocenters. The van der Waals surface area contributed by atoms with Gasteiger partial charge in [-0.05, 0) is 56.0 Å². The van der Waals surface area contributed by atoms with Crippen molar-refractivity contribution in [3.05, 3.63) is 47.5 Å². The Bertz CT molecular complexity index is 1130. The van der Waals surface area contributed by atoms with Crippen molar-refractivity contribution in [3.63, 3.8) is 0 Å². The second-order valence-corrected chi connectivity index (χ2v) is 9.89. The van der Waals surface area contributed by atoms with Crippen LogP contribution in [0, 0.1) is 19.8 Å². The molecule has 2 aromatic carbocycles. The summed E-state index contributed by atoms with van der Waals surface area (Å²) in [5.74, 6) is -0.516. The Kier molecular flexibility index (Phi) is 5.72. The monoisotopic (exact) mass is 443 g/mol. The predicted molar refractivity (Wildman–Crippen MR) is 117 cm³/mol. The Morgan fingerprint density at radius 1 is 1.19 bits per heavy atom. The molecule has 4 rings (SSSR count). The number of aryl methyl sites for hydroxylation is 2. The van der Waals surface area contributed by atoms with E-state index in [9.17, 15) is 18.0 Å². The van der Waals surface area contributed by atoms with Crippen LogP contribution in [0.1, 0.15) is 24.0 Å². The van der Waals surface area contributed by atoms with Crippen molar-refractivity contribution in [2.75, 3.05) is 30.3 Å². The minimum Gasteiger partial charge on any atom is -0.482 e. The zero-order valence-electron chi connectivity index (χ0n) is 17.5. The third kappa shape index (κ3) is 4.28. The number of hydrogen-bond donors (Lipinski definition) is 2. The number of fused-ring (bicyclic) bond motifs is 1. The Balaban J connectivity index is 1.52. The standard InChI is InChI=1S/C22H25N3O5S/c1-14-5-3-6-15(2)21(14)24-22(27)16-7-4-10-25(12-16)31(28,29)17-8-9-19-18(11-17)23-20(26)13-30-19/h3,5-6,8-9,11,16H,4,7,10,12-13H2,1-2H3,(H,23,26)(H,24,27)/t16-/m1/s1. The number of amides is 2. The topological polar surface area (TPSA) is 105 Å². The highest BCUT2D eigenvalue weighted by molar-refractivity contribution is 7.89. The molecular formula is C22H25N3O5S. The van der Waals surface area contributed by atoms with E-state index in [0.29, 0.717) is 30.8 Å². The summed E-state index contributed by atoms with van der Waals surface area (Å²) in [6, 6.07) is 10.2. The van der Waals surface area contributed by atoms with Crippen LogP contribution in [0.3, 0.4) is 0 Å². The smallest absolute Gasteiger partial charge is 0.262 e. The van der Waals surface area contributed by atoms with Gasteiger partial charge in [-0.2, -0.15) is 4.31 Å². The number of carbonyl (C=O) groups excluding carboxylic acids is 2. The molecule has 0 radical (unpaired) electrons. The Morgan fingerprint density at radius 3 is 2.68 bits per heavy atom. The van der Waals surface area contributed by atoms with Crippen molar-refractivity contribution < 1.29 is 22.7 Å². The molecule has 2 amide bonds. The molecule has 9 heteroatoms. The Labute approximate surface area is 181 Å². The fraction of sp³-hybridized carbons (Fsp3) is 0.364. The highest BCUT2D eigenvalue weighted by Crippen LogP contribution is 2.32. The molecule has 2 N–H and O–H groups in total. The number of hydrogen-bond acceptors (Lipinski definition) is 5. The second-order valence-electron chi connectivity index (χ2n) is 7.95. The lowest BCUT2D eigenvalue weighted by Gasteiger charge is -2.31. The maximum atomic E-state index is 13.2. The Morgan fingerprint density at radius 2 is 1.94 bits per heavy atom. The van der Waals surface area contributed by atoms with Gasteiger partial charge in [0.1, 0.15) is 5.75 Å². The molecule has 0 aliphatic carbocycles. The lowest BCUT2D eigenvalue weighted by Crippen LogP contribution is -2.43. The first-order valence-corrected chi connectivity index (χ1v) is 11.6. The van der Waals surface area contributed by atoms with Crippen LogP contribution in [0.15, 0.2) is 41.3 Å². The number of ether oxygens (including phenoxy) is 1. The number of anilines is 2. The summed E-state index contributed by atoms with van der Waals surface area (Å²) in [5, 5.41) is 5.61. The number of nitrogens with one attached hydrogen (secondary N) is 2. The summed E-state index contributed by atoms with van der Waals surface area (Å²) in [7, 11) is -3.82. The molecule has 8 nitrogen and oxygen atoms in total. The third-order valence-corrected chi connectivity index (χ3v) is 7.57. The summed E-state index contributed by atoms with van der Waals surface area (Å²) >= 11 is 0. The normalized spacial score (nSPS) is 19.2. The van der Waals surface area contributed by atoms with Crippen molar-refractivity contribution in [1.82, 2.24) is 4.31 Å². The fourth-order valence-electron chi connectivity index (χ4n) is 3.98. The fourth-order valence-corrected chi connectivity index (χ4v) is 5.53. The van der Waals surface area contributed by atoms with Crippen molar-refractivity contribution in [1.29, 1.82) is 0 Å². The minimum atomic E-state index is -3.82. The lowest BCUT2D eigenvalue weighted by atomic mass is 9.98. The van der Waals surface area contributed by atoms with Crippen LogP contribution in [0.25, 0.3) is 0 Å².